The summed E-state index contributed by atoms with van der Waals surface area (Å²) in [5.74, 6) is 3.02. The molecule has 0 N–H and O–H groups in total. The van der Waals surface area contributed by atoms with Gasteiger partial charge in [-0.2, -0.15) is 0 Å². The Morgan fingerprint density at radius 3 is 2.00 bits per heavy atom. The molecule has 0 amide bonds. The molecule has 2 nitrogen and oxygen atoms in total. The van der Waals surface area contributed by atoms with Crippen LogP contribution in [0.3, 0.4) is 0 Å². The molecule has 16 heavy (non-hydrogen) atoms. The second-order valence-corrected chi connectivity index (χ2v) is 8.79. The summed E-state index contributed by atoms with van der Waals surface area (Å²) >= 11 is 4.15. The van der Waals surface area contributed by atoms with E-state index in [0.29, 0.717) is 5.41 Å². The highest BCUT2D eigenvalue weighted by Gasteiger charge is 2.53. The molecule has 4 fully saturated rings. The van der Waals surface area contributed by atoms with Crippen LogP contribution in [0.2, 0.25) is 0 Å². The van der Waals surface area contributed by atoms with Crippen LogP contribution in [0.15, 0.2) is 0 Å². The zero-order valence-electron chi connectivity index (χ0n) is 9.16. The van der Waals surface area contributed by atoms with E-state index in [0.717, 1.165) is 20.8 Å². The Kier molecular flexibility index (Phi) is 2.18. The number of rotatable bonds is 1. The van der Waals surface area contributed by atoms with Gasteiger partial charge in [0.1, 0.15) is 5.01 Å². The summed E-state index contributed by atoms with van der Waals surface area (Å²) in [6.07, 6.45) is 8.75. The van der Waals surface area contributed by atoms with Gasteiger partial charge in [-0.15, -0.1) is 10.2 Å². The van der Waals surface area contributed by atoms with Gasteiger partial charge in [0.15, 0.2) is 3.01 Å². The first-order chi connectivity index (χ1) is 7.73. The molecule has 0 unspecified atom stereocenters. The minimum absolute atomic E-state index is 0.454. The molecule has 86 valence electrons. The summed E-state index contributed by atoms with van der Waals surface area (Å²) in [6, 6.07) is 0. The number of hydrogen-bond donors (Lipinski definition) is 0. The lowest BCUT2D eigenvalue weighted by atomic mass is 9.50. The van der Waals surface area contributed by atoms with E-state index in [1.807, 2.05) is 11.3 Å². The summed E-state index contributed by atoms with van der Waals surface area (Å²) in [5, 5.41) is 10.1. The number of aromatic nitrogens is 2. The average molecular weight is 346 g/mol. The van der Waals surface area contributed by atoms with Crippen LogP contribution in [0.5, 0.6) is 0 Å². The van der Waals surface area contributed by atoms with Crippen molar-refractivity contribution in [3.05, 3.63) is 8.02 Å². The summed E-state index contributed by atoms with van der Waals surface area (Å²) in [5.41, 5.74) is 0.454. The highest BCUT2D eigenvalue weighted by Crippen LogP contribution is 2.60. The SMILES string of the molecule is Ic1nnc(C23CC4CC(CC(C4)C2)C3)s1. The maximum absolute atomic E-state index is 4.47. The molecule has 0 aliphatic heterocycles. The smallest absolute Gasteiger partial charge is 0.142 e. The van der Waals surface area contributed by atoms with E-state index in [9.17, 15) is 0 Å². The molecule has 4 bridgehead atoms. The monoisotopic (exact) mass is 346 g/mol. The molecule has 4 saturated carbocycles. The van der Waals surface area contributed by atoms with Crippen molar-refractivity contribution < 1.29 is 0 Å². The fourth-order valence-electron chi connectivity index (χ4n) is 4.79. The van der Waals surface area contributed by atoms with Crippen LogP contribution in [0.25, 0.3) is 0 Å². The highest BCUT2D eigenvalue weighted by molar-refractivity contribution is 14.1. The molecule has 0 radical (unpaired) electrons. The molecule has 1 heterocycles. The normalized spacial score (nSPS) is 45.2. The zero-order chi connectivity index (χ0) is 10.8. The van der Waals surface area contributed by atoms with Crippen molar-refractivity contribution in [1.82, 2.24) is 10.2 Å². The van der Waals surface area contributed by atoms with Crippen molar-refractivity contribution in [2.24, 2.45) is 17.8 Å². The Bertz CT molecular complexity index is 393. The van der Waals surface area contributed by atoms with Crippen LogP contribution >= 0.6 is 33.9 Å². The third-order valence-electron chi connectivity index (χ3n) is 4.89. The van der Waals surface area contributed by atoms with Gasteiger partial charge in [0.25, 0.3) is 0 Å². The van der Waals surface area contributed by atoms with E-state index < -0.39 is 0 Å². The highest BCUT2D eigenvalue weighted by atomic mass is 127. The summed E-state index contributed by atoms with van der Waals surface area (Å²) in [6.45, 7) is 0. The minimum atomic E-state index is 0.454. The topological polar surface area (TPSA) is 25.8 Å². The van der Waals surface area contributed by atoms with Crippen molar-refractivity contribution in [3.8, 4) is 0 Å². The molecule has 0 atom stereocenters. The molecule has 0 saturated heterocycles. The molecule has 4 heteroatoms. The fraction of sp³-hybridized carbons (Fsp3) is 0.833. The Balaban J connectivity index is 1.76. The van der Waals surface area contributed by atoms with Crippen molar-refractivity contribution >= 4 is 33.9 Å². The van der Waals surface area contributed by atoms with Gasteiger partial charge in [-0.3, -0.25) is 0 Å². The fourth-order valence-corrected chi connectivity index (χ4v) is 6.32. The second-order valence-electron chi connectivity index (χ2n) is 6.06. The van der Waals surface area contributed by atoms with E-state index in [4.69, 9.17) is 0 Å². The van der Waals surface area contributed by atoms with Gasteiger partial charge in [-0.1, -0.05) is 11.3 Å². The quantitative estimate of drug-likeness (QED) is 0.726. The Morgan fingerprint density at radius 2 is 1.56 bits per heavy atom. The van der Waals surface area contributed by atoms with Gasteiger partial charge in [-0.05, 0) is 78.9 Å². The Labute approximate surface area is 113 Å². The lowest BCUT2D eigenvalue weighted by Gasteiger charge is -2.55. The lowest BCUT2D eigenvalue weighted by Crippen LogP contribution is -2.48. The van der Waals surface area contributed by atoms with Gasteiger partial charge < -0.3 is 0 Å². The summed E-state index contributed by atoms with van der Waals surface area (Å²) < 4.78 is 1.11. The van der Waals surface area contributed by atoms with Crippen LogP contribution < -0.4 is 0 Å². The first-order valence-corrected chi connectivity index (χ1v) is 8.12. The molecule has 1 aromatic rings. The molecule has 4 aliphatic rings. The minimum Gasteiger partial charge on any atom is -0.142 e. The van der Waals surface area contributed by atoms with Gasteiger partial charge in [0.2, 0.25) is 0 Å². The third kappa shape index (κ3) is 1.41. The molecule has 1 aromatic heterocycles. The summed E-state index contributed by atoms with van der Waals surface area (Å²) in [7, 11) is 0. The first-order valence-electron chi connectivity index (χ1n) is 6.23. The Morgan fingerprint density at radius 1 is 1.00 bits per heavy atom. The number of halogens is 1. The number of hydrogen-bond acceptors (Lipinski definition) is 3. The number of nitrogens with zero attached hydrogens (tertiary/aromatic N) is 2. The van der Waals surface area contributed by atoms with Crippen LogP contribution in [0, 0.1) is 20.8 Å². The van der Waals surface area contributed by atoms with Gasteiger partial charge in [0.05, 0.1) is 0 Å². The Hall–Kier alpha value is 0.290. The maximum Gasteiger partial charge on any atom is 0.178 e. The largest absolute Gasteiger partial charge is 0.178 e. The van der Waals surface area contributed by atoms with Crippen LogP contribution in [0.1, 0.15) is 43.5 Å². The predicted octanol–water partition coefficient (Wildman–Crippen LogP) is 3.61. The van der Waals surface area contributed by atoms with E-state index in [1.165, 1.54) is 43.5 Å². The zero-order valence-corrected chi connectivity index (χ0v) is 12.1. The van der Waals surface area contributed by atoms with Gasteiger partial charge in [0, 0.05) is 5.41 Å². The van der Waals surface area contributed by atoms with Crippen molar-refractivity contribution in [3.63, 3.8) is 0 Å². The van der Waals surface area contributed by atoms with Crippen molar-refractivity contribution in [2.45, 2.75) is 43.9 Å². The van der Waals surface area contributed by atoms with E-state index in [-0.39, 0.29) is 0 Å². The summed E-state index contributed by atoms with van der Waals surface area (Å²) in [4.78, 5) is 0. The van der Waals surface area contributed by atoms with Gasteiger partial charge in [-0.25, -0.2) is 0 Å². The molecular weight excluding hydrogens is 331 g/mol. The lowest BCUT2D eigenvalue weighted by molar-refractivity contribution is -0.00555. The van der Waals surface area contributed by atoms with Crippen LogP contribution in [-0.2, 0) is 5.41 Å². The molecular formula is C12H15IN2S. The molecule has 0 aromatic carbocycles. The predicted molar refractivity (Wildman–Crippen MR) is 72.5 cm³/mol. The first kappa shape index (κ1) is 10.2. The van der Waals surface area contributed by atoms with Crippen LogP contribution in [0.4, 0.5) is 0 Å². The average Bonchev–Trinajstić information content (AvgIpc) is 2.63. The van der Waals surface area contributed by atoms with Crippen molar-refractivity contribution in [2.75, 3.05) is 0 Å². The maximum atomic E-state index is 4.47. The molecule has 0 spiro atoms. The third-order valence-corrected chi connectivity index (χ3v) is 6.73. The van der Waals surface area contributed by atoms with Gasteiger partial charge >= 0.3 is 0 Å². The van der Waals surface area contributed by atoms with Crippen LogP contribution in [-0.4, -0.2) is 10.2 Å². The van der Waals surface area contributed by atoms with Crippen molar-refractivity contribution in [1.29, 1.82) is 0 Å². The standard InChI is InChI=1S/C12H15IN2S/c13-11-15-14-10(16-11)12-4-7-1-8(5-12)3-9(2-7)6-12/h7-9H,1-6H2. The molecule has 5 rings (SSSR count). The van der Waals surface area contributed by atoms with E-state index in [1.54, 1.807) is 0 Å². The molecule has 4 aliphatic carbocycles. The second kappa shape index (κ2) is 3.40. The van der Waals surface area contributed by atoms with E-state index >= 15 is 0 Å². The van der Waals surface area contributed by atoms with E-state index in [2.05, 4.69) is 32.8 Å².